The molecule has 5 heteroatoms. The summed E-state index contributed by atoms with van der Waals surface area (Å²) in [5.41, 5.74) is 1.01. The average molecular weight is 362 g/mol. The Morgan fingerprint density at radius 2 is 1.68 bits per heavy atom. The van der Waals surface area contributed by atoms with Crippen molar-refractivity contribution in [3.8, 4) is 0 Å². The molecule has 0 spiro atoms. The molecular formula is C14H8BrCl2FO. The van der Waals surface area contributed by atoms with E-state index < -0.39 is 0 Å². The molecule has 19 heavy (non-hydrogen) atoms. The highest BCUT2D eigenvalue weighted by Crippen LogP contribution is 2.21. The molecule has 0 saturated heterocycles. The van der Waals surface area contributed by atoms with Crippen LogP contribution in [0.2, 0.25) is 10.0 Å². The van der Waals surface area contributed by atoms with Gasteiger partial charge in [0.1, 0.15) is 5.82 Å². The van der Waals surface area contributed by atoms with E-state index in [1.165, 1.54) is 12.1 Å². The molecule has 2 aromatic rings. The predicted molar refractivity (Wildman–Crippen MR) is 78.6 cm³/mol. The van der Waals surface area contributed by atoms with E-state index in [9.17, 15) is 9.18 Å². The first kappa shape index (κ1) is 14.5. The second kappa shape index (κ2) is 6.04. The van der Waals surface area contributed by atoms with Gasteiger partial charge in [0, 0.05) is 26.5 Å². The fourth-order valence-electron chi connectivity index (χ4n) is 1.72. The molecule has 0 heterocycles. The highest BCUT2D eigenvalue weighted by molar-refractivity contribution is 9.10. The molecule has 0 amide bonds. The minimum atomic E-state index is -0.388. The van der Waals surface area contributed by atoms with E-state index in [0.29, 0.717) is 25.6 Å². The van der Waals surface area contributed by atoms with E-state index in [4.69, 9.17) is 23.2 Å². The lowest BCUT2D eigenvalue weighted by molar-refractivity contribution is 0.0993. The van der Waals surface area contributed by atoms with Gasteiger partial charge in [-0.25, -0.2) is 4.39 Å². The summed E-state index contributed by atoms with van der Waals surface area (Å²) in [6.45, 7) is 0. The van der Waals surface area contributed by atoms with Crippen LogP contribution in [0.1, 0.15) is 15.9 Å². The van der Waals surface area contributed by atoms with Gasteiger partial charge in [-0.1, -0.05) is 39.1 Å². The van der Waals surface area contributed by atoms with Crippen LogP contribution in [0.4, 0.5) is 4.39 Å². The number of rotatable bonds is 3. The summed E-state index contributed by atoms with van der Waals surface area (Å²) in [6, 6.07) is 9.01. The Bertz CT molecular complexity index is 603. The quantitative estimate of drug-likeness (QED) is 0.676. The topological polar surface area (TPSA) is 17.1 Å². The number of ketones is 1. The zero-order chi connectivity index (χ0) is 14.0. The van der Waals surface area contributed by atoms with E-state index in [2.05, 4.69) is 15.9 Å². The SMILES string of the molecule is O=C(Cc1cc(F)cc(Br)c1)c1cc(Cl)cc(Cl)c1. The van der Waals surface area contributed by atoms with Crippen molar-refractivity contribution >= 4 is 44.9 Å². The molecule has 98 valence electrons. The molecule has 0 unspecified atom stereocenters. The number of Topliss-reactive ketones (excluding diaryl/α,β-unsaturated/α-hetero) is 1. The van der Waals surface area contributed by atoms with Crippen molar-refractivity contribution in [2.45, 2.75) is 6.42 Å². The van der Waals surface area contributed by atoms with E-state index in [0.717, 1.165) is 0 Å². The Morgan fingerprint density at radius 3 is 2.26 bits per heavy atom. The summed E-state index contributed by atoms with van der Waals surface area (Å²) in [5.74, 6) is -0.553. The minimum absolute atomic E-state index is 0.0903. The number of benzene rings is 2. The van der Waals surface area contributed by atoms with Gasteiger partial charge >= 0.3 is 0 Å². The molecule has 2 aromatic carbocycles. The molecule has 0 bridgehead atoms. The molecule has 0 aliphatic carbocycles. The van der Waals surface area contributed by atoms with Crippen LogP contribution in [0.5, 0.6) is 0 Å². The monoisotopic (exact) mass is 360 g/mol. The summed E-state index contributed by atoms with van der Waals surface area (Å²) in [7, 11) is 0. The summed E-state index contributed by atoms with van der Waals surface area (Å²) in [5, 5.41) is 0.799. The van der Waals surface area contributed by atoms with Gasteiger partial charge in [0.25, 0.3) is 0 Å². The van der Waals surface area contributed by atoms with Gasteiger partial charge in [0.05, 0.1) is 0 Å². The van der Waals surface area contributed by atoms with Crippen molar-refractivity contribution in [2.75, 3.05) is 0 Å². The molecule has 0 radical (unpaired) electrons. The van der Waals surface area contributed by atoms with Crippen molar-refractivity contribution in [1.29, 1.82) is 0 Å². The molecular weight excluding hydrogens is 354 g/mol. The first-order chi connectivity index (χ1) is 8.94. The smallest absolute Gasteiger partial charge is 0.167 e. The molecule has 0 fully saturated rings. The molecule has 0 N–H and O–H groups in total. The first-order valence-corrected chi connectivity index (χ1v) is 6.93. The van der Waals surface area contributed by atoms with Gasteiger partial charge in [0.2, 0.25) is 0 Å². The Balaban J connectivity index is 2.25. The Hall–Kier alpha value is -0.900. The van der Waals surface area contributed by atoms with Gasteiger partial charge in [-0.15, -0.1) is 0 Å². The largest absolute Gasteiger partial charge is 0.294 e. The fourth-order valence-corrected chi connectivity index (χ4v) is 2.75. The van der Waals surface area contributed by atoms with Crippen LogP contribution in [0, 0.1) is 5.82 Å². The molecule has 0 saturated carbocycles. The van der Waals surface area contributed by atoms with E-state index in [-0.39, 0.29) is 18.0 Å². The van der Waals surface area contributed by atoms with E-state index in [1.54, 1.807) is 24.3 Å². The zero-order valence-corrected chi connectivity index (χ0v) is 12.7. The number of carbonyl (C=O) groups is 1. The van der Waals surface area contributed by atoms with Crippen molar-refractivity contribution in [2.24, 2.45) is 0 Å². The van der Waals surface area contributed by atoms with E-state index in [1.807, 2.05) is 0 Å². The summed E-state index contributed by atoms with van der Waals surface area (Å²) >= 11 is 14.9. The van der Waals surface area contributed by atoms with Crippen LogP contribution in [0.3, 0.4) is 0 Å². The molecule has 0 aliphatic heterocycles. The van der Waals surface area contributed by atoms with Crippen LogP contribution < -0.4 is 0 Å². The van der Waals surface area contributed by atoms with Crippen molar-refractivity contribution in [1.82, 2.24) is 0 Å². The van der Waals surface area contributed by atoms with Crippen LogP contribution >= 0.6 is 39.1 Å². The Morgan fingerprint density at radius 1 is 1.05 bits per heavy atom. The van der Waals surface area contributed by atoms with E-state index >= 15 is 0 Å². The van der Waals surface area contributed by atoms with Gasteiger partial charge in [0.15, 0.2) is 5.78 Å². The molecule has 2 rings (SSSR count). The minimum Gasteiger partial charge on any atom is -0.294 e. The first-order valence-electron chi connectivity index (χ1n) is 5.38. The number of hydrogen-bond donors (Lipinski definition) is 0. The maximum Gasteiger partial charge on any atom is 0.167 e. The van der Waals surface area contributed by atoms with Crippen molar-refractivity contribution < 1.29 is 9.18 Å². The standard InChI is InChI=1S/C14H8BrCl2FO/c15-10-1-8(2-13(18)6-10)3-14(19)9-4-11(16)7-12(17)5-9/h1-2,4-7H,3H2. The zero-order valence-electron chi connectivity index (χ0n) is 9.59. The third-order valence-electron chi connectivity index (χ3n) is 2.47. The molecule has 0 atom stereocenters. The van der Waals surface area contributed by atoms with Gasteiger partial charge < -0.3 is 0 Å². The Labute approximate surface area is 128 Å². The molecule has 1 nitrogen and oxygen atoms in total. The number of hydrogen-bond acceptors (Lipinski definition) is 1. The van der Waals surface area contributed by atoms with Crippen molar-refractivity contribution in [3.63, 3.8) is 0 Å². The third kappa shape index (κ3) is 4.03. The normalized spacial score (nSPS) is 10.5. The summed E-state index contributed by atoms with van der Waals surface area (Å²) < 4.78 is 13.8. The van der Waals surface area contributed by atoms with Crippen LogP contribution in [-0.4, -0.2) is 5.78 Å². The lowest BCUT2D eigenvalue weighted by atomic mass is 10.0. The number of halogens is 4. The lowest BCUT2D eigenvalue weighted by Gasteiger charge is -2.04. The summed E-state index contributed by atoms with van der Waals surface area (Å²) in [6.07, 6.45) is 0.0903. The van der Waals surface area contributed by atoms with Crippen LogP contribution in [0.25, 0.3) is 0 Å². The second-order valence-corrected chi connectivity index (χ2v) is 5.82. The van der Waals surface area contributed by atoms with Gasteiger partial charge in [-0.05, 0) is 42.0 Å². The van der Waals surface area contributed by atoms with Crippen LogP contribution in [0.15, 0.2) is 40.9 Å². The third-order valence-corrected chi connectivity index (χ3v) is 3.37. The average Bonchev–Trinajstić information content (AvgIpc) is 2.25. The lowest BCUT2D eigenvalue weighted by Crippen LogP contribution is -2.04. The van der Waals surface area contributed by atoms with Gasteiger partial charge in [-0.2, -0.15) is 0 Å². The maximum atomic E-state index is 13.2. The second-order valence-electron chi connectivity index (χ2n) is 4.04. The predicted octanol–water partition coefficient (Wildman–Crippen LogP) is 5.32. The van der Waals surface area contributed by atoms with Gasteiger partial charge in [-0.3, -0.25) is 4.79 Å². The maximum absolute atomic E-state index is 13.2. The Kier molecular flexibility index (Phi) is 4.61. The fraction of sp³-hybridized carbons (Fsp3) is 0.0714. The highest BCUT2D eigenvalue weighted by Gasteiger charge is 2.10. The summed E-state index contributed by atoms with van der Waals surface area (Å²) in [4.78, 5) is 12.1. The number of carbonyl (C=O) groups excluding carboxylic acids is 1. The van der Waals surface area contributed by atoms with Crippen molar-refractivity contribution in [3.05, 3.63) is 67.9 Å². The van der Waals surface area contributed by atoms with Crippen LogP contribution in [-0.2, 0) is 6.42 Å². The molecule has 0 aliphatic rings. The highest BCUT2D eigenvalue weighted by atomic mass is 79.9. The molecule has 0 aromatic heterocycles.